The van der Waals surface area contributed by atoms with Crippen molar-refractivity contribution in [2.45, 2.75) is 32.4 Å². The van der Waals surface area contributed by atoms with Crippen molar-refractivity contribution in [1.82, 2.24) is 5.32 Å². The molecule has 0 radical (unpaired) electrons. The molecule has 1 heterocycles. The van der Waals surface area contributed by atoms with Gasteiger partial charge in [-0.1, -0.05) is 6.07 Å². The number of hydrogen-bond donors (Lipinski definition) is 2. The van der Waals surface area contributed by atoms with E-state index in [2.05, 4.69) is 26.1 Å². The van der Waals surface area contributed by atoms with E-state index in [0.29, 0.717) is 0 Å². The summed E-state index contributed by atoms with van der Waals surface area (Å²) in [5, 5.41) is 12.5. The highest BCUT2D eigenvalue weighted by Crippen LogP contribution is 2.31. The first-order valence-electron chi connectivity index (χ1n) is 6.47. The molecule has 0 spiro atoms. The number of hydrogen-bond acceptors (Lipinski definition) is 3. The zero-order valence-corrected chi connectivity index (χ0v) is 12.8. The minimum absolute atomic E-state index is 0.0235. The molecule has 5 heteroatoms. The monoisotopic (exact) mass is 326 g/mol. The number of anilines is 1. The number of nitrogens with zero attached hydrogens (tertiary/aromatic N) is 1. The van der Waals surface area contributed by atoms with Gasteiger partial charge in [-0.15, -0.1) is 0 Å². The van der Waals surface area contributed by atoms with E-state index in [1.165, 1.54) is 0 Å². The van der Waals surface area contributed by atoms with Crippen LogP contribution in [0.5, 0.6) is 0 Å². The molecule has 2 atom stereocenters. The Hall–Kier alpha value is -1.07. The van der Waals surface area contributed by atoms with Gasteiger partial charge in [-0.05, 0) is 47.0 Å². The Bertz CT molecular complexity index is 477. The summed E-state index contributed by atoms with van der Waals surface area (Å²) in [6, 6.07) is 6.13. The number of rotatable bonds is 3. The van der Waals surface area contributed by atoms with Crippen molar-refractivity contribution in [1.29, 1.82) is 0 Å². The second kappa shape index (κ2) is 5.92. The van der Waals surface area contributed by atoms with Crippen molar-refractivity contribution in [3.63, 3.8) is 0 Å². The van der Waals surface area contributed by atoms with E-state index in [1.54, 1.807) is 13.8 Å². The lowest BCUT2D eigenvalue weighted by atomic mass is 10.1. The molecule has 1 aromatic rings. The van der Waals surface area contributed by atoms with E-state index in [0.717, 1.165) is 35.2 Å². The predicted molar refractivity (Wildman–Crippen MR) is 79.2 cm³/mol. The Morgan fingerprint density at radius 1 is 1.58 bits per heavy atom. The predicted octanol–water partition coefficient (Wildman–Crippen LogP) is 2.22. The van der Waals surface area contributed by atoms with Crippen LogP contribution in [0.15, 0.2) is 22.7 Å². The van der Waals surface area contributed by atoms with Crippen LogP contribution in [-0.4, -0.2) is 30.1 Å². The third kappa shape index (κ3) is 3.48. The van der Waals surface area contributed by atoms with Crippen LogP contribution in [0.4, 0.5) is 5.69 Å². The number of nitrogens with one attached hydrogen (secondary N) is 1. The van der Waals surface area contributed by atoms with Gasteiger partial charge in [-0.25, -0.2) is 0 Å². The normalized spacial score (nSPS) is 20.4. The first-order valence-corrected chi connectivity index (χ1v) is 7.26. The SMILES string of the molecule is CC(=O)NC1CCN(c2ccc([C@H](C)O)cc2Br)C1. The van der Waals surface area contributed by atoms with Gasteiger partial charge in [-0.2, -0.15) is 0 Å². The summed E-state index contributed by atoms with van der Waals surface area (Å²) >= 11 is 3.56. The molecule has 0 bridgehead atoms. The van der Waals surface area contributed by atoms with E-state index < -0.39 is 6.10 Å². The number of amides is 1. The maximum Gasteiger partial charge on any atom is 0.217 e. The second-order valence-electron chi connectivity index (χ2n) is 5.02. The van der Waals surface area contributed by atoms with Gasteiger partial charge >= 0.3 is 0 Å². The zero-order valence-electron chi connectivity index (χ0n) is 11.2. The Labute approximate surface area is 121 Å². The summed E-state index contributed by atoms with van der Waals surface area (Å²) < 4.78 is 0.981. The minimum Gasteiger partial charge on any atom is -0.389 e. The van der Waals surface area contributed by atoms with Gasteiger partial charge in [0.05, 0.1) is 11.8 Å². The largest absolute Gasteiger partial charge is 0.389 e. The lowest BCUT2D eigenvalue weighted by Gasteiger charge is -2.21. The van der Waals surface area contributed by atoms with Crippen LogP contribution in [0.2, 0.25) is 0 Å². The maximum absolute atomic E-state index is 11.1. The van der Waals surface area contributed by atoms with Crippen LogP contribution < -0.4 is 10.2 Å². The van der Waals surface area contributed by atoms with E-state index >= 15 is 0 Å². The molecule has 2 N–H and O–H groups in total. The lowest BCUT2D eigenvalue weighted by molar-refractivity contribution is -0.119. The molecule has 2 rings (SSSR count). The highest BCUT2D eigenvalue weighted by molar-refractivity contribution is 9.10. The van der Waals surface area contributed by atoms with Crippen molar-refractivity contribution >= 4 is 27.5 Å². The number of aliphatic hydroxyl groups is 1. The average Bonchev–Trinajstić information content (AvgIpc) is 2.76. The Morgan fingerprint density at radius 2 is 2.32 bits per heavy atom. The molecule has 1 aliphatic heterocycles. The third-order valence-electron chi connectivity index (χ3n) is 3.39. The highest BCUT2D eigenvalue weighted by Gasteiger charge is 2.24. The van der Waals surface area contributed by atoms with Crippen LogP contribution in [0, 0.1) is 0 Å². The van der Waals surface area contributed by atoms with Crippen LogP contribution in [-0.2, 0) is 4.79 Å². The summed E-state index contributed by atoms with van der Waals surface area (Å²) in [4.78, 5) is 13.3. The topological polar surface area (TPSA) is 52.6 Å². The van der Waals surface area contributed by atoms with Gasteiger partial charge in [0.1, 0.15) is 0 Å². The summed E-state index contributed by atoms with van der Waals surface area (Å²) in [6.45, 7) is 5.06. The molecule has 1 amide bonds. The van der Waals surface area contributed by atoms with E-state index in [-0.39, 0.29) is 11.9 Å². The summed E-state index contributed by atoms with van der Waals surface area (Å²) in [5.74, 6) is 0.0235. The van der Waals surface area contributed by atoms with E-state index in [4.69, 9.17) is 0 Å². The van der Waals surface area contributed by atoms with Crippen molar-refractivity contribution in [3.05, 3.63) is 28.2 Å². The highest BCUT2D eigenvalue weighted by atomic mass is 79.9. The fourth-order valence-corrected chi connectivity index (χ4v) is 3.07. The summed E-state index contributed by atoms with van der Waals surface area (Å²) in [5.41, 5.74) is 2.01. The molecular weight excluding hydrogens is 308 g/mol. The van der Waals surface area contributed by atoms with Gasteiger partial charge < -0.3 is 15.3 Å². The van der Waals surface area contributed by atoms with Crippen molar-refractivity contribution < 1.29 is 9.90 Å². The van der Waals surface area contributed by atoms with Gasteiger partial charge in [0.2, 0.25) is 5.91 Å². The number of carbonyl (C=O) groups is 1. The molecule has 1 unspecified atom stereocenters. The van der Waals surface area contributed by atoms with Gasteiger partial charge in [0.25, 0.3) is 0 Å². The number of halogens is 1. The molecular formula is C14H19BrN2O2. The van der Waals surface area contributed by atoms with Gasteiger partial charge in [-0.3, -0.25) is 4.79 Å². The third-order valence-corrected chi connectivity index (χ3v) is 4.03. The molecule has 4 nitrogen and oxygen atoms in total. The average molecular weight is 327 g/mol. The molecule has 1 fully saturated rings. The van der Waals surface area contributed by atoms with Crippen LogP contribution in [0.1, 0.15) is 31.9 Å². The number of benzene rings is 1. The zero-order chi connectivity index (χ0) is 14.0. The van der Waals surface area contributed by atoms with Crippen LogP contribution in [0.3, 0.4) is 0 Å². The van der Waals surface area contributed by atoms with Crippen molar-refractivity contribution in [2.75, 3.05) is 18.0 Å². The van der Waals surface area contributed by atoms with Crippen molar-refractivity contribution in [3.8, 4) is 0 Å². The fourth-order valence-electron chi connectivity index (χ4n) is 2.42. The molecule has 0 saturated carbocycles. The summed E-state index contributed by atoms with van der Waals surface area (Å²) in [6.07, 6.45) is 0.500. The van der Waals surface area contributed by atoms with Gasteiger partial charge in [0, 0.05) is 30.5 Å². The molecule has 1 saturated heterocycles. The second-order valence-corrected chi connectivity index (χ2v) is 5.87. The minimum atomic E-state index is -0.462. The first kappa shape index (κ1) is 14.3. The van der Waals surface area contributed by atoms with Crippen LogP contribution >= 0.6 is 15.9 Å². The molecule has 104 valence electrons. The molecule has 1 aliphatic rings. The van der Waals surface area contributed by atoms with E-state index in [9.17, 15) is 9.90 Å². The number of aliphatic hydroxyl groups excluding tert-OH is 1. The molecule has 1 aromatic carbocycles. The maximum atomic E-state index is 11.1. The van der Waals surface area contributed by atoms with E-state index in [1.807, 2.05) is 18.2 Å². The quantitative estimate of drug-likeness (QED) is 0.895. The smallest absolute Gasteiger partial charge is 0.217 e. The molecule has 19 heavy (non-hydrogen) atoms. The van der Waals surface area contributed by atoms with Crippen molar-refractivity contribution in [2.24, 2.45) is 0 Å². The fraction of sp³-hybridized carbons (Fsp3) is 0.500. The Kier molecular flexibility index (Phi) is 4.47. The van der Waals surface area contributed by atoms with Gasteiger partial charge in [0.15, 0.2) is 0 Å². The molecule has 0 aromatic heterocycles. The summed E-state index contributed by atoms with van der Waals surface area (Å²) in [7, 11) is 0. The first-order chi connectivity index (χ1) is 8.97. The Morgan fingerprint density at radius 3 is 2.89 bits per heavy atom. The van der Waals surface area contributed by atoms with Crippen LogP contribution in [0.25, 0.3) is 0 Å². The lowest BCUT2D eigenvalue weighted by Crippen LogP contribution is -2.35. The molecule has 0 aliphatic carbocycles. The standard InChI is InChI=1S/C14H19BrN2O2/c1-9(18)11-3-4-14(13(15)7-11)17-6-5-12(8-17)16-10(2)19/h3-4,7,9,12,18H,5-6,8H2,1-2H3,(H,16,19)/t9-,12?/m0/s1. The number of carbonyl (C=O) groups excluding carboxylic acids is 1. The Balaban J connectivity index is 2.09.